The van der Waals surface area contributed by atoms with Crippen LogP contribution in [0.15, 0.2) is 0 Å². The minimum Gasteiger partial charge on any atom is -0.467 e. The molecule has 0 N–H and O–H groups in total. The second-order valence-electron chi connectivity index (χ2n) is 4.75. The molecule has 1 atom stereocenters. The molecular formula is C12H17N3O4S. The van der Waals surface area contributed by atoms with Gasteiger partial charge < -0.3 is 14.4 Å². The molecule has 0 spiro atoms. The zero-order valence-electron chi connectivity index (χ0n) is 11.7. The number of aromatic nitrogens is 2. The molecule has 1 aliphatic rings. The molecule has 2 rings (SSSR count). The van der Waals surface area contributed by atoms with Gasteiger partial charge >= 0.3 is 5.97 Å². The van der Waals surface area contributed by atoms with Gasteiger partial charge in [0.05, 0.1) is 26.0 Å². The molecular weight excluding hydrogens is 282 g/mol. The maximum absolute atomic E-state index is 12.6. The van der Waals surface area contributed by atoms with Crippen LogP contribution in [0.4, 0.5) is 0 Å². The predicted octanol–water partition coefficient (Wildman–Crippen LogP) is 0.675. The van der Waals surface area contributed by atoms with E-state index >= 15 is 0 Å². The average molecular weight is 299 g/mol. The largest absolute Gasteiger partial charge is 0.467 e. The Kier molecular flexibility index (Phi) is 4.66. The monoisotopic (exact) mass is 299 g/mol. The first-order valence-corrected chi connectivity index (χ1v) is 7.12. The highest BCUT2D eigenvalue weighted by Gasteiger charge is 2.36. The number of esters is 1. The lowest BCUT2D eigenvalue weighted by Crippen LogP contribution is -2.53. The molecule has 0 saturated carbocycles. The number of methoxy groups -OCH3 is 1. The van der Waals surface area contributed by atoms with E-state index in [1.54, 1.807) is 0 Å². The van der Waals surface area contributed by atoms with Crippen molar-refractivity contribution in [3.8, 4) is 0 Å². The van der Waals surface area contributed by atoms with Gasteiger partial charge in [-0.15, -0.1) is 5.10 Å². The third-order valence-corrected chi connectivity index (χ3v) is 3.85. The molecule has 1 aromatic heterocycles. The highest BCUT2D eigenvalue weighted by molar-refractivity contribution is 7.08. The first-order valence-electron chi connectivity index (χ1n) is 6.35. The molecule has 0 aromatic carbocycles. The Hall–Kier alpha value is -1.54. The van der Waals surface area contributed by atoms with E-state index in [2.05, 4.69) is 9.59 Å². The Morgan fingerprint density at radius 1 is 1.50 bits per heavy atom. The molecule has 1 aromatic rings. The lowest BCUT2D eigenvalue weighted by atomic mass is 10.1. The molecule has 1 saturated heterocycles. The number of carbonyl (C=O) groups excluding carboxylic acids is 2. The molecule has 2 heterocycles. The minimum atomic E-state index is -0.705. The summed E-state index contributed by atoms with van der Waals surface area (Å²) in [6.45, 7) is 4.81. The Morgan fingerprint density at radius 3 is 2.90 bits per heavy atom. The van der Waals surface area contributed by atoms with Crippen LogP contribution in [0, 0.1) is 0 Å². The Bertz CT molecular complexity index is 503. The fourth-order valence-corrected chi connectivity index (χ4v) is 2.81. The number of amides is 1. The van der Waals surface area contributed by atoms with Crippen molar-refractivity contribution in [3.05, 3.63) is 10.6 Å². The molecule has 7 nitrogen and oxygen atoms in total. The van der Waals surface area contributed by atoms with Gasteiger partial charge in [-0.25, -0.2) is 4.79 Å². The van der Waals surface area contributed by atoms with Crippen molar-refractivity contribution in [1.82, 2.24) is 14.5 Å². The molecule has 1 fully saturated rings. The number of nitrogens with zero attached hydrogens (tertiary/aromatic N) is 3. The summed E-state index contributed by atoms with van der Waals surface area (Å²) in [5.41, 5.74) is 0.662. The van der Waals surface area contributed by atoms with Crippen LogP contribution in [0.1, 0.15) is 35.1 Å². The third kappa shape index (κ3) is 2.80. The van der Waals surface area contributed by atoms with E-state index in [1.807, 2.05) is 13.8 Å². The Balaban J connectivity index is 2.25. The third-order valence-electron chi connectivity index (χ3n) is 3.12. The van der Waals surface area contributed by atoms with Crippen molar-refractivity contribution in [2.24, 2.45) is 0 Å². The number of rotatable bonds is 3. The van der Waals surface area contributed by atoms with E-state index in [4.69, 9.17) is 9.47 Å². The summed E-state index contributed by atoms with van der Waals surface area (Å²) in [7, 11) is 1.30. The molecule has 8 heteroatoms. The van der Waals surface area contributed by atoms with Crippen molar-refractivity contribution < 1.29 is 19.1 Å². The molecule has 20 heavy (non-hydrogen) atoms. The fraction of sp³-hybridized carbons (Fsp3) is 0.667. The van der Waals surface area contributed by atoms with Gasteiger partial charge in [-0.05, 0) is 17.5 Å². The van der Waals surface area contributed by atoms with E-state index in [9.17, 15) is 9.59 Å². The van der Waals surface area contributed by atoms with Crippen LogP contribution < -0.4 is 0 Å². The molecule has 110 valence electrons. The van der Waals surface area contributed by atoms with Crippen LogP contribution in [-0.4, -0.2) is 59.3 Å². The van der Waals surface area contributed by atoms with Crippen LogP contribution in [-0.2, 0) is 14.3 Å². The maximum atomic E-state index is 12.6. The summed E-state index contributed by atoms with van der Waals surface area (Å²) in [5, 5.41) is 4.00. The minimum absolute atomic E-state index is 0.102. The van der Waals surface area contributed by atoms with E-state index < -0.39 is 12.0 Å². The maximum Gasteiger partial charge on any atom is 0.331 e. The Morgan fingerprint density at radius 2 is 2.25 bits per heavy atom. The van der Waals surface area contributed by atoms with Crippen molar-refractivity contribution in [1.29, 1.82) is 0 Å². The predicted molar refractivity (Wildman–Crippen MR) is 71.7 cm³/mol. The highest BCUT2D eigenvalue weighted by atomic mass is 32.1. The molecule has 0 radical (unpaired) electrons. The molecule has 0 bridgehead atoms. The summed E-state index contributed by atoms with van der Waals surface area (Å²) >= 11 is 1.06. The van der Waals surface area contributed by atoms with Gasteiger partial charge in [-0.1, -0.05) is 18.3 Å². The number of ether oxygens (including phenoxy) is 2. The summed E-state index contributed by atoms with van der Waals surface area (Å²) in [6.07, 6.45) is 0. The van der Waals surface area contributed by atoms with Gasteiger partial charge in [-0.2, -0.15) is 0 Å². The first-order chi connectivity index (χ1) is 9.56. The summed E-state index contributed by atoms with van der Waals surface area (Å²) in [4.78, 5) is 26.3. The zero-order chi connectivity index (χ0) is 14.7. The van der Waals surface area contributed by atoms with Crippen LogP contribution in [0.3, 0.4) is 0 Å². The van der Waals surface area contributed by atoms with Gasteiger partial charge in [0.2, 0.25) is 0 Å². The lowest BCUT2D eigenvalue weighted by molar-refractivity contribution is -0.151. The SMILES string of the molecule is COC(=O)C1COCCN1C(=O)c1snnc1C(C)C. The average Bonchev–Trinajstić information content (AvgIpc) is 2.95. The van der Waals surface area contributed by atoms with Crippen LogP contribution >= 0.6 is 11.5 Å². The van der Waals surface area contributed by atoms with Gasteiger partial charge in [0.25, 0.3) is 5.91 Å². The summed E-state index contributed by atoms with van der Waals surface area (Å²) in [6, 6.07) is -0.705. The smallest absolute Gasteiger partial charge is 0.331 e. The van der Waals surface area contributed by atoms with Gasteiger partial charge in [0.15, 0.2) is 6.04 Å². The quantitative estimate of drug-likeness (QED) is 0.763. The second kappa shape index (κ2) is 6.27. The van der Waals surface area contributed by atoms with Crippen LogP contribution in [0.5, 0.6) is 0 Å². The zero-order valence-corrected chi connectivity index (χ0v) is 12.5. The normalized spacial score (nSPS) is 19.2. The van der Waals surface area contributed by atoms with E-state index in [0.717, 1.165) is 11.5 Å². The van der Waals surface area contributed by atoms with Gasteiger partial charge in [0, 0.05) is 6.54 Å². The van der Waals surface area contributed by atoms with Crippen molar-refractivity contribution in [2.75, 3.05) is 26.9 Å². The number of carbonyl (C=O) groups is 2. The Labute approximate surface area is 121 Å². The van der Waals surface area contributed by atoms with Crippen LogP contribution in [0.25, 0.3) is 0 Å². The van der Waals surface area contributed by atoms with Crippen molar-refractivity contribution in [2.45, 2.75) is 25.8 Å². The van der Waals surface area contributed by atoms with Crippen molar-refractivity contribution >= 4 is 23.4 Å². The van der Waals surface area contributed by atoms with E-state index in [0.29, 0.717) is 23.7 Å². The lowest BCUT2D eigenvalue weighted by Gasteiger charge is -2.33. The number of hydrogen-bond donors (Lipinski definition) is 0. The standard InChI is InChI=1S/C12H17N3O4S/c1-7(2)9-10(20-14-13-9)11(16)15-4-5-19-6-8(15)12(17)18-3/h7-8H,4-6H2,1-3H3. The van der Waals surface area contributed by atoms with Crippen LogP contribution in [0.2, 0.25) is 0 Å². The molecule has 1 amide bonds. The summed E-state index contributed by atoms with van der Waals surface area (Å²) in [5.74, 6) is -0.602. The van der Waals surface area contributed by atoms with Gasteiger partial charge in [0.1, 0.15) is 4.88 Å². The van der Waals surface area contributed by atoms with E-state index in [1.165, 1.54) is 12.0 Å². The van der Waals surface area contributed by atoms with Crippen molar-refractivity contribution in [3.63, 3.8) is 0 Å². The highest BCUT2D eigenvalue weighted by Crippen LogP contribution is 2.23. The number of morpholine rings is 1. The first kappa shape index (κ1) is 14.9. The van der Waals surface area contributed by atoms with Gasteiger partial charge in [-0.3, -0.25) is 4.79 Å². The topological polar surface area (TPSA) is 81.6 Å². The second-order valence-corrected chi connectivity index (χ2v) is 5.51. The molecule has 0 aliphatic carbocycles. The summed E-state index contributed by atoms with van der Waals surface area (Å²) < 4.78 is 13.8. The van der Waals surface area contributed by atoms with E-state index in [-0.39, 0.29) is 18.4 Å². The molecule has 1 unspecified atom stereocenters. The number of hydrogen-bond acceptors (Lipinski definition) is 7. The molecule has 1 aliphatic heterocycles. The fourth-order valence-electron chi connectivity index (χ4n) is 2.03.